The number of nitrogens with zero attached hydrogens (tertiary/aromatic N) is 2. The van der Waals surface area contributed by atoms with E-state index in [1.165, 1.54) is 6.20 Å². The zero-order valence-electron chi connectivity index (χ0n) is 7.42. The summed E-state index contributed by atoms with van der Waals surface area (Å²) in [5.74, 6) is 0. The molecule has 3 heteroatoms. The normalized spacial score (nSPS) is 9.71. The number of benzene rings is 1. The van der Waals surface area contributed by atoms with Crippen LogP contribution in [0.4, 0.5) is 0 Å². The highest BCUT2D eigenvalue weighted by Crippen LogP contribution is 2.17. The van der Waals surface area contributed by atoms with E-state index >= 15 is 0 Å². The molecule has 0 aliphatic carbocycles. The summed E-state index contributed by atoms with van der Waals surface area (Å²) in [6.07, 6.45) is 2.30. The van der Waals surface area contributed by atoms with Crippen LogP contribution in [0.2, 0.25) is 0 Å². The Morgan fingerprint density at radius 1 is 1.07 bits per heavy atom. The molecule has 1 aromatic carbocycles. The van der Waals surface area contributed by atoms with Crippen molar-refractivity contribution < 1.29 is 4.79 Å². The smallest absolute Gasteiger partial charge is 0.152 e. The first-order valence-corrected chi connectivity index (χ1v) is 4.24. The standard InChI is InChI=1S/C11H8N2O/c14-8-10-6-7-12-13-11(10)9-4-2-1-3-5-9/h1-8H. The molecule has 68 valence electrons. The largest absolute Gasteiger partial charge is 0.298 e. The molecule has 0 N–H and O–H groups in total. The molecule has 3 nitrogen and oxygen atoms in total. The van der Waals surface area contributed by atoms with Gasteiger partial charge in [-0.1, -0.05) is 30.3 Å². The van der Waals surface area contributed by atoms with Gasteiger partial charge in [-0.25, -0.2) is 0 Å². The predicted octanol–water partition coefficient (Wildman–Crippen LogP) is 1.96. The van der Waals surface area contributed by atoms with Crippen LogP contribution in [0.15, 0.2) is 42.6 Å². The average molecular weight is 184 g/mol. The molecule has 0 bridgehead atoms. The summed E-state index contributed by atoms with van der Waals surface area (Å²) < 4.78 is 0. The molecule has 0 saturated carbocycles. The number of carbonyl (C=O) groups excluding carboxylic acids is 1. The van der Waals surface area contributed by atoms with E-state index in [-0.39, 0.29) is 0 Å². The molecule has 0 amide bonds. The molecule has 1 aromatic heterocycles. The van der Waals surface area contributed by atoms with E-state index in [1.807, 2.05) is 30.3 Å². The van der Waals surface area contributed by atoms with Gasteiger partial charge in [-0.2, -0.15) is 5.10 Å². The third-order valence-electron chi connectivity index (χ3n) is 1.93. The second kappa shape index (κ2) is 3.79. The summed E-state index contributed by atoms with van der Waals surface area (Å²) in [6.45, 7) is 0. The van der Waals surface area contributed by atoms with Crippen LogP contribution < -0.4 is 0 Å². The number of hydrogen-bond acceptors (Lipinski definition) is 3. The molecular formula is C11H8N2O. The molecule has 0 unspecified atom stereocenters. The van der Waals surface area contributed by atoms with Crippen LogP contribution in [0, 0.1) is 0 Å². The van der Waals surface area contributed by atoms with E-state index in [0.717, 1.165) is 11.8 Å². The molecule has 1 heterocycles. The quantitative estimate of drug-likeness (QED) is 0.670. The van der Waals surface area contributed by atoms with E-state index in [2.05, 4.69) is 10.2 Å². The van der Waals surface area contributed by atoms with Crippen molar-refractivity contribution in [3.63, 3.8) is 0 Å². The summed E-state index contributed by atoms with van der Waals surface area (Å²) in [5.41, 5.74) is 2.09. The van der Waals surface area contributed by atoms with Gasteiger partial charge in [0.05, 0.1) is 6.20 Å². The molecule has 0 aliphatic rings. The van der Waals surface area contributed by atoms with Crippen molar-refractivity contribution in [1.82, 2.24) is 10.2 Å². The lowest BCUT2D eigenvalue weighted by Crippen LogP contribution is -1.93. The Labute approximate surface area is 81.4 Å². The second-order valence-electron chi connectivity index (χ2n) is 2.82. The van der Waals surface area contributed by atoms with Gasteiger partial charge in [0, 0.05) is 11.1 Å². The maximum Gasteiger partial charge on any atom is 0.152 e. The molecule has 0 aliphatic heterocycles. The molecule has 0 saturated heterocycles. The first-order chi connectivity index (χ1) is 6.92. The Bertz CT molecular complexity index is 440. The Hall–Kier alpha value is -2.03. The van der Waals surface area contributed by atoms with E-state index < -0.39 is 0 Å². The van der Waals surface area contributed by atoms with Gasteiger partial charge in [-0.05, 0) is 6.07 Å². The fourth-order valence-electron chi connectivity index (χ4n) is 1.26. The summed E-state index contributed by atoms with van der Waals surface area (Å²) in [5, 5.41) is 7.70. The summed E-state index contributed by atoms with van der Waals surface area (Å²) >= 11 is 0. The maximum absolute atomic E-state index is 10.7. The molecule has 0 spiro atoms. The topological polar surface area (TPSA) is 42.9 Å². The fraction of sp³-hybridized carbons (Fsp3) is 0. The highest BCUT2D eigenvalue weighted by molar-refractivity contribution is 5.85. The number of aromatic nitrogens is 2. The predicted molar refractivity (Wildman–Crippen MR) is 52.9 cm³/mol. The van der Waals surface area contributed by atoms with Crippen LogP contribution in [0.25, 0.3) is 11.3 Å². The van der Waals surface area contributed by atoms with Crippen LogP contribution in [0.5, 0.6) is 0 Å². The Balaban J connectivity index is 2.57. The van der Waals surface area contributed by atoms with Crippen molar-refractivity contribution in [2.75, 3.05) is 0 Å². The minimum atomic E-state index is 0.561. The third-order valence-corrected chi connectivity index (χ3v) is 1.93. The van der Waals surface area contributed by atoms with Gasteiger partial charge < -0.3 is 0 Å². The maximum atomic E-state index is 10.7. The summed E-state index contributed by atoms with van der Waals surface area (Å²) in [4.78, 5) is 10.7. The molecule has 2 aromatic rings. The third kappa shape index (κ3) is 1.52. The van der Waals surface area contributed by atoms with Crippen molar-refractivity contribution in [2.45, 2.75) is 0 Å². The van der Waals surface area contributed by atoms with Gasteiger partial charge in [0.15, 0.2) is 6.29 Å². The minimum Gasteiger partial charge on any atom is -0.298 e. The summed E-state index contributed by atoms with van der Waals surface area (Å²) in [7, 11) is 0. The van der Waals surface area contributed by atoms with E-state index in [0.29, 0.717) is 11.3 Å². The molecule has 2 rings (SSSR count). The van der Waals surface area contributed by atoms with Gasteiger partial charge in [0.2, 0.25) is 0 Å². The number of aldehydes is 1. The Morgan fingerprint density at radius 2 is 1.86 bits per heavy atom. The second-order valence-corrected chi connectivity index (χ2v) is 2.82. The lowest BCUT2D eigenvalue weighted by atomic mass is 10.1. The van der Waals surface area contributed by atoms with Crippen LogP contribution in [-0.2, 0) is 0 Å². The number of carbonyl (C=O) groups is 1. The lowest BCUT2D eigenvalue weighted by Gasteiger charge is -2.00. The van der Waals surface area contributed by atoms with E-state index in [9.17, 15) is 4.79 Å². The fourth-order valence-corrected chi connectivity index (χ4v) is 1.26. The monoisotopic (exact) mass is 184 g/mol. The SMILES string of the molecule is O=Cc1ccnnc1-c1ccccc1. The molecular weight excluding hydrogens is 176 g/mol. The van der Waals surface area contributed by atoms with Crippen LogP contribution in [0.3, 0.4) is 0 Å². The van der Waals surface area contributed by atoms with Crippen molar-refractivity contribution in [3.05, 3.63) is 48.2 Å². The highest BCUT2D eigenvalue weighted by Gasteiger charge is 2.04. The van der Waals surface area contributed by atoms with Gasteiger partial charge in [0.1, 0.15) is 5.69 Å². The van der Waals surface area contributed by atoms with E-state index in [4.69, 9.17) is 0 Å². The molecule has 0 atom stereocenters. The zero-order valence-corrected chi connectivity index (χ0v) is 7.42. The number of hydrogen-bond donors (Lipinski definition) is 0. The number of rotatable bonds is 2. The van der Waals surface area contributed by atoms with Crippen LogP contribution in [0.1, 0.15) is 10.4 Å². The van der Waals surface area contributed by atoms with Gasteiger partial charge in [-0.3, -0.25) is 4.79 Å². The molecule has 0 fully saturated rings. The van der Waals surface area contributed by atoms with Gasteiger partial charge >= 0.3 is 0 Å². The lowest BCUT2D eigenvalue weighted by molar-refractivity contribution is 0.112. The first kappa shape index (κ1) is 8.56. The minimum absolute atomic E-state index is 0.561. The highest BCUT2D eigenvalue weighted by atomic mass is 16.1. The zero-order chi connectivity index (χ0) is 9.80. The Kier molecular flexibility index (Phi) is 2.32. The molecule has 14 heavy (non-hydrogen) atoms. The van der Waals surface area contributed by atoms with Crippen molar-refractivity contribution in [3.8, 4) is 11.3 Å². The summed E-state index contributed by atoms with van der Waals surface area (Å²) in [6, 6.07) is 11.2. The van der Waals surface area contributed by atoms with E-state index in [1.54, 1.807) is 6.07 Å². The van der Waals surface area contributed by atoms with Crippen molar-refractivity contribution in [2.24, 2.45) is 0 Å². The van der Waals surface area contributed by atoms with Gasteiger partial charge in [0.25, 0.3) is 0 Å². The van der Waals surface area contributed by atoms with Crippen LogP contribution >= 0.6 is 0 Å². The van der Waals surface area contributed by atoms with Gasteiger partial charge in [-0.15, -0.1) is 5.10 Å². The van der Waals surface area contributed by atoms with Crippen molar-refractivity contribution >= 4 is 6.29 Å². The first-order valence-electron chi connectivity index (χ1n) is 4.24. The Morgan fingerprint density at radius 3 is 2.57 bits per heavy atom. The van der Waals surface area contributed by atoms with Crippen molar-refractivity contribution in [1.29, 1.82) is 0 Å². The molecule has 0 radical (unpaired) electrons. The average Bonchev–Trinajstić information content (AvgIpc) is 2.30. The van der Waals surface area contributed by atoms with Crippen LogP contribution in [-0.4, -0.2) is 16.5 Å².